The van der Waals surface area contributed by atoms with Gasteiger partial charge in [0.25, 0.3) is 0 Å². The summed E-state index contributed by atoms with van der Waals surface area (Å²) in [6.07, 6.45) is 6.05. The molecule has 0 bridgehead atoms. The fraction of sp³-hybridized carbons (Fsp3) is 0.500. The van der Waals surface area contributed by atoms with E-state index in [4.69, 9.17) is 0 Å². The lowest BCUT2D eigenvalue weighted by Crippen LogP contribution is -2.24. The molecule has 0 saturated heterocycles. The molecule has 2 aliphatic rings. The van der Waals surface area contributed by atoms with Crippen molar-refractivity contribution >= 4 is 6.08 Å². The molecule has 2 aromatic rings. The largest absolute Gasteiger partial charge is 0.409 e. The Morgan fingerprint density at radius 2 is 1.24 bits per heavy atom. The van der Waals surface area contributed by atoms with Crippen LogP contribution in [0.2, 0.25) is 0 Å². The third-order valence-corrected chi connectivity index (χ3v) is 7.73. The minimum Gasteiger partial charge on any atom is -0.206 e. The van der Waals surface area contributed by atoms with Crippen molar-refractivity contribution in [3.8, 4) is 11.1 Å². The number of hydrogen-bond donors (Lipinski definition) is 0. The second kappa shape index (κ2) is 9.99. The first-order chi connectivity index (χ1) is 15.7. The van der Waals surface area contributed by atoms with E-state index in [-0.39, 0.29) is 6.08 Å². The fourth-order valence-electron chi connectivity index (χ4n) is 5.72. The average Bonchev–Trinajstić information content (AvgIpc) is 2.78. The zero-order chi connectivity index (χ0) is 23.6. The summed E-state index contributed by atoms with van der Waals surface area (Å²) in [4.78, 5) is 0. The third kappa shape index (κ3) is 6.04. The molecule has 4 rings (SSSR count). The van der Waals surface area contributed by atoms with Crippen LogP contribution in [0.5, 0.6) is 0 Å². The van der Waals surface area contributed by atoms with Gasteiger partial charge in [-0.1, -0.05) is 44.0 Å². The van der Waals surface area contributed by atoms with Gasteiger partial charge in [-0.15, -0.1) is 0 Å². The van der Waals surface area contributed by atoms with Gasteiger partial charge in [0.2, 0.25) is 0 Å². The van der Waals surface area contributed by atoms with E-state index in [0.717, 1.165) is 29.9 Å². The lowest BCUT2D eigenvalue weighted by Gasteiger charge is -2.37. The van der Waals surface area contributed by atoms with Crippen molar-refractivity contribution in [2.45, 2.75) is 70.4 Å². The molecule has 2 saturated carbocycles. The summed E-state index contributed by atoms with van der Waals surface area (Å²) < 4.78 is 65.6. The maximum Gasteiger partial charge on any atom is 0.409 e. The predicted octanol–water partition coefficient (Wildman–Crippen LogP) is 9.31. The summed E-state index contributed by atoms with van der Waals surface area (Å²) in [7, 11) is 0. The van der Waals surface area contributed by atoms with Crippen molar-refractivity contribution in [3.63, 3.8) is 0 Å². The molecule has 0 N–H and O–H groups in total. The van der Waals surface area contributed by atoms with Crippen LogP contribution in [-0.4, -0.2) is 6.18 Å². The summed E-state index contributed by atoms with van der Waals surface area (Å²) in [5.74, 6) is 1.12. The van der Waals surface area contributed by atoms with Crippen LogP contribution in [0.1, 0.15) is 75.3 Å². The number of hydrogen-bond acceptors (Lipinski definition) is 0. The first-order valence-electron chi connectivity index (χ1n) is 12.0. The second-order valence-electron chi connectivity index (χ2n) is 9.98. The Morgan fingerprint density at radius 1 is 0.727 bits per heavy atom. The van der Waals surface area contributed by atoms with Crippen LogP contribution in [0.25, 0.3) is 17.2 Å². The smallest absolute Gasteiger partial charge is 0.206 e. The van der Waals surface area contributed by atoms with Gasteiger partial charge in [-0.25, -0.2) is 8.78 Å². The van der Waals surface area contributed by atoms with Gasteiger partial charge >= 0.3 is 6.18 Å². The van der Waals surface area contributed by atoms with Gasteiger partial charge in [-0.2, -0.15) is 13.2 Å². The van der Waals surface area contributed by atoms with Crippen molar-refractivity contribution in [2.24, 2.45) is 17.8 Å². The molecule has 0 radical (unpaired) electrons. The number of halogens is 5. The molecule has 178 valence electrons. The van der Waals surface area contributed by atoms with Crippen molar-refractivity contribution in [1.82, 2.24) is 0 Å². The van der Waals surface area contributed by atoms with Gasteiger partial charge in [0.1, 0.15) is 11.6 Å². The molecule has 5 heteroatoms. The van der Waals surface area contributed by atoms with E-state index in [1.54, 1.807) is 0 Å². The van der Waals surface area contributed by atoms with E-state index < -0.39 is 23.4 Å². The first kappa shape index (κ1) is 24.0. The van der Waals surface area contributed by atoms with E-state index in [1.807, 2.05) is 24.3 Å². The third-order valence-electron chi connectivity index (χ3n) is 7.73. The number of benzene rings is 2. The van der Waals surface area contributed by atoms with E-state index in [9.17, 15) is 22.0 Å². The van der Waals surface area contributed by atoms with Gasteiger partial charge in [0, 0.05) is 11.6 Å². The Bertz CT molecular complexity index is 934. The fourth-order valence-corrected chi connectivity index (χ4v) is 5.72. The molecular formula is C28H31F5. The number of alkyl halides is 3. The molecule has 2 fully saturated rings. The standard InChI is InChI=1S/C28H31F5/c1-18-2-4-19(5-3-18)20-6-8-21(9-7-20)22-10-12-23(13-11-22)24-16-26(29)25(27(30)17-24)14-15-28(31,32)33/h10-21H,2-9H2,1H3/b15-14+. The Morgan fingerprint density at radius 3 is 1.76 bits per heavy atom. The second-order valence-corrected chi connectivity index (χ2v) is 9.98. The summed E-state index contributed by atoms with van der Waals surface area (Å²) in [5.41, 5.74) is 1.53. The predicted molar refractivity (Wildman–Crippen MR) is 123 cm³/mol. The van der Waals surface area contributed by atoms with Crippen molar-refractivity contribution in [1.29, 1.82) is 0 Å². The van der Waals surface area contributed by atoms with Crippen molar-refractivity contribution in [2.75, 3.05) is 0 Å². The molecule has 0 spiro atoms. The van der Waals surface area contributed by atoms with Gasteiger partial charge in [-0.05, 0) is 97.1 Å². The van der Waals surface area contributed by atoms with Gasteiger partial charge in [-0.3, -0.25) is 0 Å². The lowest BCUT2D eigenvalue weighted by atomic mass is 9.68. The number of rotatable bonds is 4. The molecule has 0 aliphatic heterocycles. The van der Waals surface area contributed by atoms with Crippen molar-refractivity contribution in [3.05, 3.63) is 65.2 Å². The van der Waals surface area contributed by atoms with Crippen LogP contribution < -0.4 is 0 Å². The molecule has 0 unspecified atom stereocenters. The SMILES string of the molecule is CC1CCC(C2CCC(c3ccc(-c4cc(F)c(/C=C/C(F)(F)F)c(F)c4)cc3)CC2)CC1. The summed E-state index contributed by atoms with van der Waals surface area (Å²) in [6.45, 7) is 2.36. The molecular weight excluding hydrogens is 431 g/mol. The highest BCUT2D eigenvalue weighted by Gasteiger charge is 2.30. The Balaban J connectivity index is 1.40. The normalized spacial score (nSPS) is 26.6. The van der Waals surface area contributed by atoms with Crippen LogP contribution in [0, 0.1) is 29.4 Å². The molecule has 0 atom stereocenters. The van der Waals surface area contributed by atoms with Crippen LogP contribution in [0.3, 0.4) is 0 Å². The first-order valence-corrected chi connectivity index (χ1v) is 12.0. The summed E-state index contributed by atoms with van der Waals surface area (Å²) in [6, 6.07) is 9.92. The Hall–Kier alpha value is -2.17. The highest BCUT2D eigenvalue weighted by atomic mass is 19.4. The zero-order valence-corrected chi connectivity index (χ0v) is 19.0. The van der Waals surface area contributed by atoms with Gasteiger partial charge < -0.3 is 0 Å². The lowest BCUT2D eigenvalue weighted by molar-refractivity contribution is -0.0790. The highest BCUT2D eigenvalue weighted by molar-refractivity contribution is 5.67. The Kier molecular flexibility index (Phi) is 7.25. The van der Waals surface area contributed by atoms with Gasteiger partial charge in [0.05, 0.1) is 0 Å². The Labute approximate surface area is 192 Å². The molecule has 2 aromatic carbocycles. The summed E-state index contributed by atoms with van der Waals surface area (Å²) >= 11 is 0. The monoisotopic (exact) mass is 462 g/mol. The minimum atomic E-state index is -4.62. The number of allylic oxidation sites excluding steroid dienone is 1. The molecule has 2 aliphatic carbocycles. The van der Waals surface area contributed by atoms with E-state index in [0.29, 0.717) is 23.1 Å². The molecule has 0 amide bonds. The quantitative estimate of drug-likeness (QED) is 0.397. The summed E-state index contributed by atoms with van der Waals surface area (Å²) in [5, 5.41) is 0. The van der Waals surface area contributed by atoms with Crippen LogP contribution in [-0.2, 0) is 0 Å². The molecule has 33 heavy (non-hydrogen) atoms. The van der Waals surface area contributed by atoms with Crippen LogP contribution in [0.4, 0.5) is 22.0 Å². The average molecular weight is 463 g/mol. The van der Waals surface area contributed by atoms with Crippen LogP contribution >= 0.6 is 0 Å². The van der Waals surface area contributed by atoms with Gasteiger partial charge in [0.15, 0.2) is 0 Å². The van der Waals surface area contributed by atoms with E-state index in [2.05, 4.69) is 6.92 Å². The molecule has 0 aromatic heterocycles. The van der Waals surface area contributed by atoms with E-state index >= 15 is 0 Å². The van der Waals surface area contributed by atoms with E-state index in [1.165, 1.54) is 56.9 Å². The minimum absolute atomic E-state index is 0.160. The van der Waals surface area contributed by atoms with Crippen molar-refractivity contribution < 1.29 is 22.0 Å². The maximum atomic E-state index is 14.3. The maximum absolute atomic E-state index is 14.3. The molecule has 0 heterocycles. The molecule has 0 nitrogen and oxygen atoms in total. The topological polar surface area (TPSA) is 0 Å². The highest BCUT2D eigenvalue weighted by Crippen LogP contribution is 2.44. The zero-order valence-electron chi connectivity index (χ0n) is 19.0. The van der Waals surface area contributed by atoms with Crippen LogP contribution in [0.15, 0.2) is 42.5 Å².